The van der Waals surface area contributed by atoms with Crippen LogP contribution in [0.2, 0.25) is 0 Å². The van der Waals surface area contributed by atoms with Gasteiger partial charge in [0.25, 0.3) is 11.5 Å². The Balaban J connectivity index is 1.60. The van der Waals surface area contributed by atoms with E-state index in [1.807, 2.05) is 31.7 Å². The zero-order chi connectivity index (χ0) is 18.8. The first-order chi connectivity index (χ1) is 12.3. The van der Waals surface area contributed by atoms with Gasteiger partial charge < -0.3 is 4.90 Å². The number of amides is 1. The number of aromatic nitrogens is 4. The molecule has 0 radical (unpaired) electrons. The molecule has 0 spiro atoms. The summed E-state index contributed by atoms with van der Waals surface area (Å²) in [5, 5.41) is 4.25. The SMILES string of the molecule is Cc1cc(C(=O)N2CCC(Cn3cnc(C(C)C)cc3=O)CC2)n(C)n1. The molecule has 2 aromatic rings. The largest absolute Gasteiger partial charge is 0.337 e. The minimum atomic E-state index is 0.00701. The van der Waals surface area contributed by atoms with E-state index in [1.165, 1.54) is 0 Å². The Morgan fingerprint density at radius 1 is 1.27 bits per heavy atom. The number of likely N-dealkylation sites (tertiary alicyclic amines) is 1. The highest BCUT2D eigenvalue weighted by Crippen LogP contribution is 2.20. The number of rotatable bonds is 4. The van der Waals surface area contributed by atoms with Crippen LogP contribution in [-0.4, -0.2) is 43.2 Å². The molecule has 3 heterocycles. The molecule has 7 nitrogen and oxygen atoms in total. The van der Waals surface area contributed by atoms with Crippen LogP contribution in [0.1, 0.15) is 54.5 Å². The average molecular weight is 357 g/mol. The fraction of sp³-hybridized carbons (Fsp3) is 0.579. The number of hydrogen-bond acceptors (Lipinski definition) is 4. The highest BCUT2D eigenvalue weighted by molar-refractivity contribution is 5.92. The van der Waals surface area contributed by atoms with Gasteiger partial charge in [0, 0.05) is 32.7 Å². The highest BCUT2D eigenvalue weighted by atomic mass is 16.2. The third kappa shape index (κ3) is 3.86. The summed E-state index contributed by atoms with van der Waals surface area (Å²) in [7, 11) is 1.80. The monoisotopic (exact) mass is 357 g/mol. The molecule has 1 saturated heterocycles. The molecule has 0 bridgehead atoms. The average Bonchev–Trinajstić information content (AvgIpc) is 2.95. The molecule has 26 heavy (non-hydrogen) atoms. The van der Waals surface area contributed by atoms with Gasteiger partial charge in [-0.15, -0.1) is 0 Å². The third-order valence-electron chi connectivity index (χ3n) is 5.07. The Morgan fingerprint density at radius 3 is 2.50 bits per heavy atom. The van der Waals surface area contributed by atoms with E-state index in [4.69, 9.17) is 0 Å². The maximum atomic E-state index is 12.7. The van der Waals surface area contributed by atoms with Gasteiger partial charge in [0.05, 0.1) is 17.7 Å². The molecule has 0 aliphatic carbocycles. The molecule has 1 fully saturated rings. The molecule has 140 valence electrons. The highest BCUT2D eigenvalue weighted by Gasteiger charge is 2.26. The van der Waals surface area contributed by atoms with Crippen LogP contribution in [-0.2, 0) is 13.6 Å². The lowest BCUT2D eigenvalue weighted by atomic mass is 9.96. The van der Waals surface area contributed by atoms with Crippen LogP contribution in [0.25, 0.3) is 0 Å². The van der Waals surface area contributed by atoms with E-state index in [0.717, 1.165) is 24.2 Å². The number of carbonyl (C=O) groups is 1. The van der Waals surface area contributed by atoms with Crippen molar-refractivity contribution in [3.05, 3.63) is 45.9 Å². The lowest BCUT2D eigenvalue weighted by molar-refractivity contribution is 0.0671. The van der Waals surface area contributed by atoms with Gasteiger partial charge in [-0.1, -0.05) is 13.8 Å². The predicted octanol–water partition coefficient (Wildman–Crippen LogP) is 1.96. The van der Waals surface area contributed by atoms with Gasteiger partial charge in [-0.3, -0.25) is 18.8 Å². The van der Waals surface area contributed by atoms with Gasteiger partial charge in [-0.25, -0.2) is 4.98 Å². The van der Waals surface area contributed by atoms with Crippen LogP contribution in [0.5, 0.6) is 0 Å². The fourth-order valence-corrected chi connectivity index (χ4v) is 3.46. The van der Waals surface area contributed by atoms with Crippen molar-refractivity contribution in [2.24, 2.45) is 13.0 Å². The molecule has 1 aliphatic heterocycles. The number of nitrogens with zero attached hydrogens (tertiary/aromatic N) is 5. The molecule has 0 N–H and O–H groups in total. The smallest absolute Gasteiger partial charge is 0.272 e. The van der Waals surface area contributed by atoms with Crippen molar-refractivity contribution in [2.75, 3.05) is 13.1 Å². The number of aryl methyl sites for hydroxylation is 2. The van der Waals surface area contributed by atoms with E-state index in [9.17, 15) is 9.59 Å². The molecular formula is C19H27N5O2. The second-order valence-corrected chi connectivity index (χ2v) is 7.49. The molecule has 1 amide bonds. The number of hydrogen-bond donors (Lipinski definition) is 0. The van der Waals surface area contributed by atoms with E-state index in [-0.39, 0.29) is 17.4 Å². The van der Waals surface area contributed by atoms with Crippen LogP contribution < -0.4 is 5.56 Å². The standard InChI is InChI=1S/C19H27N5O2/c1-13(2)16-10-18(25)24(12-20-16)11-15-5-7-23(8-6-15)19(26)17-9-14(3)21-22(17)4/h9-10,12-13,15H,5-8,11H2,1-4H3. The van der Waals surface area contributed by atoms with Crippen molar-refractivity contribution in [3.8, 4) is 0 Å². The molecule has 7 heteroatoms. The van der Waals surface area contributed by atoms with E-state index < -0.39 is 0 Å². The van der Waals surface area contributed by atoms with Crippen molar-refractivity contribution < 1.29 is 4.79 Å². The van der Waals surface area contributed by atoms with Crippen molar-refractivity contribution in [1.82, 2.24) is 24.2 Å². The summed E-state index contributed by atoms with van der Waals surface area (Å²) < 4.78 is 3.34. The van der Waals surface area contributed by atoms with Crippen LogP contribution in [0.3, 0.4) is 0 Å². The molecule has 0 unspecified atom stereocenters. The molecule has 0 saturated carbocycles. The quantitative estimate of drug-likeness (QED) is 0.838. The Morgan fingerprint density at radius 2 is 1.96 bits per heavy atom. The van der Waals surface area contributed by atoms with Crippen molar-refractivity contribution >= 4 is 5.91 Å². The molecular weight excluding hydrogens is 330 g/mol. The first kappa shape index (κ1) is 18.4. The van der Waals surface area contributed by atoms with Gasteiger partial charge in [-0.05, 0) is 37.7 Å². The van der Waals surface area contributed by atoms with Gasteiger partial charge in [-0.2, -0.15) is 5.10 Å². The minimum Gasteiger partial charge on any atom is -0.337 e. The van der Waals surface area contributed by atoms with Crippen LogP contribution in [0.15, 0.2) is 23.3 Å². The predicted molar refractivity (Wildman–Crippen MR) is 99.2 cm³/mol. The molecule has 1 aliphatic rings. The van der Waals surface area contributed by atoms with E-state index in [1.54, 1.807) is 28.7 Å². The van der Waals surface area contributed by atoms with Gasteiger partial charge >= 0.3 is 0 Å². The molecule has 2 aromatic heterocycles. The van der Waals surface area contributed by atoms with Crippen LogP contribution in [0.4, 0.5) is 0 Å². The maximum Gasteiger partial charge on any atom is 0.272 e. The molecule has 0 atom stereocenters. The maximum absolute atomic E-state index is 12.7. The summed E-state index contributed by atoms with van der Waals surface area (Å²) in [5.74, 6) is 0.672. The molecule has 0 aromatic carbocycles. The Kier molecular flexibility index (Phi) is 5.25. The van der Waals surface area contributed by atoms with Gasteiger partial charge in [0.1, 0.15) is 5.69 Å². The topological polar surface area (TPSA) is 73.0 Å². The first-order valence-corrected chi connectivity index (χ1v) is 9.21. The Bertz CT molecular complexity index is 844. The summed E-state index contributed by atoms with van der Waals surface area (Å²) in [4.78, 5) is 31.2. The number of piperidine rings is 1. The summed E-state index contributed by atoms with van der Waals surface area (Å²) >= 11 is 0. The lowest BCUT2D eigenvalue weighted by Crippen LogP contribution is -2.40. The van der Waals surface area contributed by atoms with Crippen molar-refractivity contribution in [3.63, 3.8) is 0 Å². The lowest BCUT2D eigenvalue weighted by Gasteiger charge is -2.32. The molecule has 3 rings (SSSR count). The second-order valence-electron chi connectivity index (χ2n) is 7.49. The Labute approximate surface area is 153 Å². The third-order valence-corrected chi connectivity index (χ3v) is 5.07. The number of carbonyl (C=O) groups excluding carboxylic acids is 1. The Hall–Kier alpha value is -2.44. The van der Waals surface area contributed by atoms with Crippen molar-refractivity contribution in [1.29, 1.82) is 0 Å². The van der Waals surface area contributed by atoms with Crippen LogP contribution in [0, 0.1) is 12.8 Å². The second kappa shape index (κ2) is 7.43. The van der Waals surface area contributed by atoms with Crippen molar-refractivity contribution in [2.45, 2.75) is 46.1 Å². The minimum absolute atomic E-state index is 0.00701. The zero-order valence-corrected chi connectivity index (χ0v) is 16.0. The first-order valence-electron chi connectivity index (χ1n) is 9.21. The normalized spacial score (nSPS) is 15.7. The fourth-order valence-electron chi connectivity index (χ4n) is 3.46. The summed E-state index contributed by atoms with van der Waals surface area (Å²) in [6.07, 6.45) is 3.44. The zero-order valence-electron chi connectivity index (χ0n) is 16.0. The van der Waals surface area contributed by atoms with Gasteiger partial charge in [0.15, 0.2) is 0 Å². The summed E-state index contributed by atoms with van der Waals surface area (Å²) in [6.45, 7) is 8.03. The van der Waals surface area contributed by atoms with Gasteiger partial charge in [0.2, 0.25) is 0 Å². The van der Waals surface area contributed by atoms with Crippen LogP contribution >= 0.6 is 0 Å². The summed E-state index contributed by atoms with van der Waals surface area (Å²) in [6, 6.07) is 3.46. The van der Waals surface area contributed by atoms with E-state index >= 15 is 0 Å². The summed E-state index contributed by atoms with van der Waals surface area (Å²) in [5.41, 5.74) is 2.32. The van der Waals surface area contributed by atoms with E-state index in [2.05, 4.69) is 10.1 Å². The van der Waals surface area contributed by atoms with E-state index in [0.29, 0.717) is 31.2 Å².